The molecule has 0 fully saturated rings. The summed E-state index contributed by atoms with van der Waals surface area (Å²) in [5.74, 6) is 0.226. The first-order valence-corrected chi connectivity index (χ1v) is 3.18. The number of aliphatic hydroxyl groups excluding tert-OH is 1. The number of hydrogen-bond acceptors (Lipinski definition) is 1. The van der Waals surface area contributed by atoms with Crippen molar-refractivity contribution in [3.63, 3.8) is 0 Å². The van der Waals surface area contributed by atoms with E-state index in [4.69, 9.17) is 16.7 Å². The van der Waals surface area contributed by atoms with E-state index in [9.17, 15) is 0 Å². The molecule has 10 heavy (non-hydrogen) atoms. The zero-order valence-electron chi connectivity index (χ0n) is 6.43. The first kappa shape index (κ1) is 12.7. The Morgan fingerprint density at radius 3 is 2.00 bits per heavy atom. The van der Waals surface area contributed by atoms with Gasteiger partial charge in [0.1, 0.15) is 6.54 Å². The second kappa shape index (κ2) is 4.83. The highest BCUT2D eigenvalue weighted by Gasteiger charge is 2.08. The lowest BCUT2D eigenvalue weighted by Gasteiger charge is -2.22. The van der Waals surface area contributed by atoms with Gasteiger partial charge in [-0.15, -0.1) is 0 Å². The maximum absolute atomic E-state index is 8.91. The quantitative estimate of drug-likeness (QED) is 0.404. The third kappa shape index (κ3) is 8.08. The molecule has 0 aliphatic carbocycles. The van der Waals surface area contributed by atoms with Crippen molar-refractivity contribution in [1.29, 1.82) is 0 Å². The van der Waals surface area contributed by atoms with Crippen LogP contribution in [0.4, 0.5) is 0 Å². The molecular weight excluding hydrogens is 173 g/mol. The fourth-order valence-corrected chi connectivity index (χ4v) is 0.590. The lowest BCUT2D eigenvalue weighted by Crippen LogP contribution is -3.00. The molecule has 0 aromatic carbocycles. The minimum Gasteiger partial charge on any atom is -1.00 e. The second-order valence-corrected chi connectivity index (χ2v) is 3.27. The predicted octanol–water partition coefficient (Wildman–Crippen LogP) is -1.67. The fourth-order valence-electron chi connectivity index (χ4n) is 0.520. The number of likely N-dealkylation sites (N-methyl/N-ethyl adjacent to an activating group) is 1. The molecule has 0 amide bonds. The molecule has 1 N–H and O–H groups in total. The Bertz CT molecular complexity index is 117. The van der Waals surface area contributed by atoms with Gasteiger partial charge in [0.15, 0.2) is 5.76 Å². The number of quaternary nitrogens is 1. The monoisotopic (exact) mass is 185 g/mol. The van der Waals surface area contributed by atoms with E-state index in [2.05, 4.69) is 0 Å². The van der Waals surface area contributed by atoms with Crippen LogP contribution in [0.3, 0.4) is 0 Å². The molecule has 0 aliphatic rings. The Balaban J connectivity index is 0. The Labute approximate surface area is 73.1 Å². The summed E-state index contributed by atoms with van der Waals surface area (Å²) < 4.78 is 0.690. The molecule has 0 heterocycles. The first-order valence-electron chi connectivity index (χ1n) is 2.74. The molecule has 0 aromatic heterocycles. The maximum atomic E-state index is 8.91. The standard InChI is InChI=1S/C6H12ClNO.ClH/c1-8(2,3)5-6(9)4-7;/h4H,5H2,1-3H3;1H. The fraction of sp³-hybridized carbons (Fsp3) is 0.667. The Hall–Kier alpha value is 0.0800. The van der Waals surface area contributed by atoms with Gasteiger partial charge >= 0.3 is 0 Å². The average molecular weight is 186 g/mol. The number of hydrogen-bond donors (Lipinski definition) is 1. The molecule has 0 aromatic rings. The van der Waals surface area contributed by atoms with Gasteiger partial charge in [-0.2, -0.15) is 0 Å². The molecule has 62 valence electrons. The summed E-state index contributed by atoms with van der Waals surface area (Å²) in [7, 11) is 5.95. The van der Waals surface area contributed by atoms with Crippen molar-refractivity contribution in [1.82, 2.24) is 0 Å². The van der Waals surface area contributed by atoms with E-state index in [0.29, 0.717) is 11.0 Å². The van der Waals surface area contributed by atoms with E-state index < -0.39 is 0 Å². The maximum Gasteiger partial charge on any atom is 0.158 e. The zero-order valence-corrected chi connectivity index (χ0v) is 7.95. The third-order valence-electron chi connectivity index (χ3n) is 0.762. The molecule has 0 radical (unpaired) electrons. The Morgan fingerprint density at radius 2 is 1.90 bits per heavy atom. The smallest absolute Gasteiger partial charge is 0.158 e. The number of rotatable bonds is 2. The van der Waals surface area contributed by atoms with Crippen LogP contribution in [0.15, 0.2) is 11.3 Å². The molecule has 2 nitrogen and oxygen atoms in total. The number of halogens is 2. The van der Waals surface area contributed by atoms with Crippen LogP contribution in [-0.2, 0) is 0 Å². The van der Waals surface area contributed by atoms with Gasteiger partial charge in [0.05, 0.1) is 21.1 Å². The van der Waals surface area contributed by atoms with E-state index in [-0.39, 0.29) is 18.2 Å². The van der Waals surface area contributed by atoms with E-state index in [1.165, 1.54) is 5.54 Å². The van der Waals surface area contributed by atoms with E-state index in [1.807, 2.05) is 21.1 Å². The lowest BCUT2D eigenvalue weighted by molar-refractivity contribution is -0.866. The van der Waals surface area contributed by atoms with Crippen LogP contribution in [0.1, 0.15) is 0 Å². The summed E-state index contributed by atoms with van der Waals surface area (Å²) in [6, 6.07) is 0. The first-order chi connectivity index (χ1) is 3.95. The molecule has 0 rings (SSSR count). The normalized spacial score (nSPS) is 12.6. The van der Waals surface area contributed by atoms with Crippen molar-refractivity contribution in [2.24, 2.45) is 0 Å². The number of aliphatic hydroxyl groups is 1. The van der Waals surface area contributed by atoms with Gasteiger partial charge in [0.2, 0.25) is 0 Å². The van der Waals surface area contributed by atoms with Crippen molar-refractivity contribution in [2.45, 2.75) is 0 Å². The van der Waals surface area contributed by atoms with Gasteiger partial charge in [0, 0.05) is 5.54 Å². The summed E-state index contributed by atoms with van der Waals surface area (Å²) >= 11 is 5.24. The minimum absolute atomic E-state index is 0. The summed E-state index contributed by atoms with van der Waals surface area (Å²) in [6.45, 7) is 0.573. The van der Waals surface area contributed by atoms with E-state index in [0.717, 1.165) is 0 Å². The molecule has 0 bridgehead atoms. The van der Waals surface area contributed by atoms with Crippen LogP contribution in [-0.4, -0.2) is 37.3 Å². The van der Waals surface area contributed by atoms with Crippen LogP contribution in [0.2, 0.25) is 0 Å². The largest absolute Gasteiger partial charge is 1.00 e. The van der Waals surface area contributed by atoms with Crippen molar-refractivity contribution < 1.29 is 22.0 Å². The third-order valence-corrected chi connectivity index (χ3v) is 1.01. The van der Waals surface area contributed by atoms with Gasteiger partial charge in [-0.25, -0.2) is 0 Å². The van der Waals surface area contributed by atoms with Crippen LogP contribution in [0, 0.1) is 0 Å². The Morgan fingerprint density at radius 1 is 1.50 bits per heavy atom. The van der Waals surface area contributed by atoms with E-state index in [1.54, 1.807) is 0 Å². The highest BCUT2D eigenvalue weighted by molar-refractivity contribution is 6.25. The number of nitrogens with zero attached hydrogens (tertiary/aromatic N) is 1. The Kier molecular flexibility index (Phi) is 6.15. The second-order valence-electron chi connectivity index (χ2n) is 3.05. The van der Waals surface area contributed by atoms with Crippen LogP contribution in [0.25, 0.3) is 0 Å². The van der Waals surface area contributed by atoms with Gasteiger partial charge in [-0.1, -0.05) is 11.6 Å². The zero-order chi connectivity index (χ0) is 7.49. The summed E-state index contributed by atoms with van der Waals surface area (Å²) in [5.41, 5.74) is 1.20. The summed E-state index contributed by atoms with van der Waals surface area (Å²) in [5, 5.41) is 8.91. The minimum atomic E-state index is 0. The van der Waals surface area contributed by atoms with Crippen molar-refractivity contribution in [2.75, 3.05) is 27.7 Å². The molecule has 0 atom stereocenters. The highest BCUT2D eigenvalue weighted by Crippen LogP contribution is 1.98. The highest BCUT2D eigenvalue weighted by atomic mass is 35.5. The van der Waals surface area contributed by atoms with Gasteiger partial charge in [0.25, 0.3) is 0 Å². The van der Waals surface area contributed by atoms with Crippen LogP contribution >= 0.6 is 11.6 Å². The molecule has 0 aliphatic heterocycles. The molecule has 4 heteroatoms. The van der Waals surface area contributed by atoms with Gasteiger partial charge in [-0.05, 0) is 0 Å². The summed E-state index contributed by atoms with van der Waals surface area (Å²) in [4.78, 5) is 0. The molecule has 0 saturated carbocycles. The topological polar surface area (TPSA) is 20.2 Å². The molecule has 0 unspecified atom stereocenters. The van der Waals surface area contributed by atoms with Crippen molar-refractivity contribution in [3.05, 3.63) is 11.3 Å². The van der Waals surface area contributed by atoms with Crippen molar-refractivity contribution >= 4 is 11.6 Å². The predicted molar refractivity (Wildman–Crippen MR) is 39.5 cm³/mol. The average Bonchev–Trinajstić information content (AvgIpc) is 1.62. The molecule has 0 saturated heterocycles. The van der Waals surface area contributed by atoms with Gasteiger partial charge < -0.3 is 22.0 Å². The molecular formula is C6H13Cl2NO. The SMILES string of the molecule is C[N+](C)(C)CC(O)=CCl.[Cl-]. The lowest BCUT2D eigenvalue weighted by atomic mass is 10.5. The van der Waals surface area contributed by atoms with Gasteiger partial charge in [-0.3, -0.25) is 0 Å². The van der Waals surface area contributed by atoms with Crippen LogP contribution in [0.5, 0.6) is 0 Å². The molecule has 0 spiro atoms. The van der Waals surface area contributed by atoms with Crippen LogP contribution < -0.4 is 12.4 Å². The van der Waals surface area contributed by atoms with Crippen molar-refractivity contribution in [3.8, 4) is 0 Å². The van der Waals surface area contributed by atoms with E-state index >= 15 is 0 Å². The summed E-state index contributed by atoms with van der Waals surface area (Å²) in [6.07, 6.45) is 0.